The highest BCUT2D eigenvalue weighted by molar-refractivity contribution is 5.95. The van der Waals surface area contributed by atoms with Gasteiger partial charge in [-0.1, -0.05) is 0 Å². The molecule has 2 aromatic heterocycles. The van der Waals surface area contributed by atoms with Crippen molar-refractivity contribution < 1.29 is 23.5 Å². The topological polar surface area (TPSA) is 94.5 Å². The molecule has 7 heteroatoms. The van der Waals surface area contributed by atoms with Gasteiger partial charge in [0.2, 0.25) is 5.88 Å². The zero-order valence-electron chi connectivity index (χ0n) is 11.5. The molecule has 0 fully saturated rings. The number of rotatable bonds is 4. The Bertz CT molecular complexity index is 707. The number of furan rings is 1. The van der Waals surface area contributed by atoms with Crippen molar-refractivity contribution in [1.29, 1.82) is 5.26 Å². The van der Waals surface area contributed by atoms with Crippen molar-refractivity contribution >= 4 is 11.9 Å². The van der Waals surface area contributed by atoms with E-state index in [1.807, 2.05) is 6.07 Å². The second kappa shape index (κ2) is 5.96. The largest absolute Gasteiger partial charge is 0.466 e. The Hall–Kier alpha value is -3.01. The second-order valence-electron chi connectivity index (χ2n) is 4.07. The number of carbonyl (C=O) groups is 2. The third kappa shape index (κ3) is 2.79. The quantitative estimate of drug-likeness (QED) is 0.793. The maximum Gasteiger partial charge on any atom is 0.344 e. The number of hydrogen-bond acceptors (Lipinski definition) is 6. The molecule has 0 N–H and O–H groups in total. The Morgan fingerprint density at radius 2 is 2.05 bits per heavy atom. The van der Waals surface area contributed by atoms with Gasteiger partial charge in [-0.3, -0.25) is 4.57 Å². The predicted octanol–water partition coefficient (Wildman–Crippen LogP) is 1.58. The van der Waals surface area contributed by atoms with E-state index in [2.05, 4.69) is 4.74 Å². The fourth-order valence-corrected chi connectivity index (χ4v) is 1.79. The molecule has 2 rings (SSSR count). The minimum atomic E-state index is -0.809. The molecule has 0 saturated carbocycles. The Morgan fingerprint density at radius 3 is 2.62 bits per heavy atom. The van der Waals surface area contributed by atoms with Crippen LogP contribution in [0.25, 0.3) is 5.88 Å². The highest BCUT2D eigenvalue weighted by Crippen LogP contribution is 2.26. The van der Waals surface area contributed by atoms with E-state index in [-0.39, 0.29) is 22.8 Å². The average Bonchev–Trinajstić information content (AvgIpc) is 3.11. The molecule has 0 amide bonds. The first-order valence-corrected chi connectivity index (χ1v) is 5.99. The van der Waals surface area contributed by atoms with Crippen molar-refractivity contribution in [3.05, 3.63) is 41.4 Å². The lowest BCUT2D eigenvalue weighted by Gasteiger charge is -2.02. The standard InChI is InChI=1S/C14H12N2O5/c1-9-12(14(18)20-8-11(17)19-2)10(7-15)13(21-9)16-5-3-4-6-16/h3-6H,8H2,1-2H3. The SMILES string of the molecule is COC(=O)COC(=O)c1c(C)oc(-n2cccc2)c1C#N. The van der Waals surface area contributed by atoms with Gasteiger partial charge in [0.1, 0.15) is 23.0 Å². The predicted molar refractivity (Wildman–Crippen MR) is 69.8 cm³/mol. The smallest absolute Gasteiger partial charge is 0.344 e. The van der Waals surface area contributed by atoms with E-state index in [1.165, 1.54) is 7.11 Å². The van der Waals surface area contributed by atoms with Gasteiger partial charge in [0.05, 0.1) is 7.11 Å². The lowest BCUT2D eigenvalue weighted by Crippen LogP contribution is -2.16. The lowest BCUT2D eigenvalue weighted by molar-refractivity contribution is -0.144. The number of esters is 2. The molecule has 0 aliphatic carbocycles. The zero-order chi connectivity index (χ0) is 15.4. The molecule has 0 radical (unpaired) electrons. The molecule has 2 heterocycles. The van der Waals surface area contributed by atoms with Crippen LogP contribution in [0.5, 0.6) is 0 Å². The fraction of sp³-hybridized carbons (Fsp3) is 0.214. The van der Waals surface area contributed by atoms with Gasteiger partial charge in [-0.25, -0.2) is 9.59 Å². The number of methoxy groups -OCH3 is 1. The number of aryl methyl sites for hydroxylation is 1. The van der Waals surface area contributed by atoms with Gasteiger partial charge < -0.3 is 13.9 Å². The van der Waals surface area contributed by atoms with Crippen LogP contribution in [-0.2, 0) is 14.3 Å². The molecule has 0 aromatic carbocycles. The maximum atomic E-state index is 12.0. The minimum Gasteiger partial charge on any atom is -0.466 e. The van der Waals surface area contributed by atoms with Crippen LogP contribution in [0.3, 0.4) is 0 Å². The number of carbonyl (C=O) groups excluding carboxylic acids is 2. The van der Waals surface area contributed by atoms with E-state index < -0.39 is 18.5 Å². The van der Waals surface area contributed by atoms with E-state index >= 15 is 0 Å². The molecule has 0 saturated heterocycles. The fourth-order valence-electron chi connectivity index (χ4n) is 1.79. The summed E-state index contributed by atoms with van der Waals surface area (Å²) in [6.45, 7) is 1.02. The molecule has 0 atom stereocenters. The van der Waals surface area contributed by atoms with Crippen LogP contribution < -0.4 is 0 Å². The van der Waals surface area contributed by atoms with Crippen molar-refractivity contribution in [3.8, 4) is 12.0 Å². The van der Waals surface area contributed by atoms with Crippen molar-refractivity contribution in [1.82, 2.24) is 4.57 Å². The molecule has 7 nitrogen and oxygen atoms in total. The van der Waals surface area contributed by atoms with Crippen LogP contribution in [0.1, 0.15) is 21.7 Å². The molecular formula is C14H12N2O5. The maximum absolute atomic E-state index is 12.0. The molecular weight excluding hydrogens is 276 g/mol. The van der Waals surface area contributed by atoms with Crippen LogP contribution in [0.15, 0.2) is 28.9 Å². The van der Waals surface area contributed by atoms with Crippen molar-refractivity contribution in [2.75, 3.05) is 13.7 Å². The lowest BCUT2D eigenvalue weighted by atomic mass is 10.1. The second-order valence-corrected chi connectivity index (χ2v) is 4.07. The summed E-state index contributed by atoms with van der Waals surface area (Å²) in [5.41, 5.74) is 0.0590. The number of nitriles is 1. The average molecular weight is 288 g/mol. The summed E-state index contributed by atoms with van der Waals surface area (Å²) in [5.74, 6) is -1.03. The van der Waals surface area contributed by atoms with Crippen molar-refractivity contribution in [2.24, 2.45) is 0 Å². The Labute approximate surface area is 120 Å². The van der Waals surface area contributed by atoms with E-state index in [4.69, 9.17) is 9.15 Å². The van der Waals surface area contributed by atoms with Crippen molar-refractivity contribution in [3.63, 3.8) is 0 Å². The molecule has 0 bridgehead atoms. The Morgan fingerprint density at radius 1 is 1.38 bits per heavy atom. The van der Waals surface area contributed by atoms with Gasteiger partial charge in [0.15, 0.2) is 6.61 Å². The van der Waals surface area contributed by atoms with Gasteiger partial charge in [0, 0.05) is 12.4 Å². The normalized spacial score (nSPS) is 9.95. The highest BCUT2D eigenvalue weighted by Gasteiger charge is 2.26. The van der Waals surface area contributed by atoms with Crippen LogP contribution in [0, 0.1) is 18.3 Å². The Kier molecular flexibility index (Phi) is 4.09. The number of hydrogen-bond donors (Lipinski definition) is 0. The molecule has 0 spiro atoms. The zero-order valence-corrected chi connectivity index (χ0v) is 11.5. The molecule has 0 aliphatic rings. The number of aromatic nitrogens is 1. The first kappa shape index (κ1) is 14.4. The third-order valence-electron chi connectivity index (χ3n) is 2.77. The van der Waals surface area contributed by atoms with Gasteiger partial charge in [-0.2, -0.15) is 5.26 Å². The summed E-state index contributed by atoms with van der Waals surface area (Å²) in [6.07, 6.45) is 3.37. The van der Waals surface area contributed by atoms with E-state index in [0.717, 1.165) is 0 Å². The summed E-state index contributed by atoms with van der Waals surface area (Å²) in [4.78, 5) is 23.0. The van der Waals surface area contributed by atoms with Crippen LogP contribution in [0.2, 0.25) is 0 Å². The van der Waals surface area contributed by atoms with Crippen LogP contribution in [0.4, 0.5) is 0 Å². The summed E-state index contributed by atoms with van der Waals surface area (Å²) >= 11 is 0. The Balaban J connectivity index is 2.34. The van der Waals surface area contributed by atoms with E-state index in [0.29, 0.717) is 0 Å². The molecule has 2 aromatic rings. The third-order valence-corrected chi connectivity index (χ3v) is 2.77. The van der Waals surface area contributed by atoms with E-state index in [9.17, 15) is 14.9 Å². The first-order valence-electron chi connectivity index (χ1n) is 5.99. The summed E-state index contributed by atoms with van der Waals surface area (Å²) < 4.78 is 16.2. The monoisotopic (exact) mass is 288 g/mol. The highest BCUT2D eigenvalue weighted by atomic mass is 16.6. The van der Waals surface area contributed by atoms with Gasteiger partial charge in [-0.15, -0.1) is 0 Å². The minimum absolute atomic E-state index is 0.00473. The molecule has 108 valence electrons. The first-order chi connectivity index (χ1) is 10.1. The number of nitrogens with zero attached hydrogens (tertiary/aromatic N) is 2. The van der Waals surface area contributed by atoms with E-state index in [1.54, 1.807) is 36.0 Å². The van der Waals surface area contributed by atoms with Gasteiger partial charge >= 0.3 is 11.9 Å². The molecule has 0 aliphatic heterocycles. The summed E-state index contributed by atoms with van der Waals surface area (Å²) in [6, 6.07) is 5.44. The van der Waals surface area contributed by atoms with Crippen molar-refractivity contribution in [2.45, 2.75) is 6.92 Å². The number of ether oxygens (including phenoxy) is 2. The molecule has 21 heavy (non-hydrogen) atoms. The van der Waals surface area contributed by atoms with Crippen LogP contribution >= 0.6 is 0 Å². The summed E-state index contributed by atoms with van der Waals surface area (Å²) in [5, 5.41) is 9.26. The molecule has 0 unspecified atom stereocenters. The van der Waals surface area contributed by atoms with Crippen LogP contribution in [-0.4, -0.2) is 30.2 Å². The van der Waals surface area contributed by atoms with Gasteiger partial charge in [0.25, 0.3) is 0 Å². The van der Waals surface area contributed by atoms with Gasteiger partial charge in [-0.05, 0) is 19.1 Å². The summed E-state index contributed by atoms with van der Waals surface area (Å²) in [7, 11) is 1.18.